The molecule has 0 fully saturated rings. The van der Waals surface area contributed by atoms with Crippen LogP contribution in [0.15, 0.2) is 27.4 Å². The molecule has 84 valence electrons. The van der Waals surface area contributed by atoms with Crippen molar-refractivity contribution in [3.63, 3.8) is 0 Å². The standard InChI is InChI=1S/C11H8I2O3/c1-15-5-7-4-8-9(11(14)16-7)2-6(12)3-10(8)13/h2-4H,5H2,1H3. The number of methoxy groups -OCH3 is 1. The maximum atomic E-state index is 11.7. The molecular formula is C11H8I2O3. The summed E-state index contributed by atoms with van der Waals surface area (Å²) in [6, 6.07) is 5.72. The summed E-state index contributed by atoms with van der Waals surface area (Å²) < 4.78 is 12.2. The number of benzene rings is 1. The smallest absolute Gasteiger partial charge is 0.343 e. The van der Waals surface area contributed by atoms with E-state index in [1.165, 1.54) is 0 Å². The molecule has 0 bridgehead atoms. The Morgan fingerprint density at radius 3 is 2.69 bits per heavy atom. The molecule has 1 aromatic heterocycles. The first-order valence-corrected chi connectivity index (χ1v) is 6.68. The SMILES string of the molecule is COCc1cc2c(I)cc(I)cc2c(=O)o1. The summed E-state index contributed by atoms with van der Waals surface area (Å²) in [5, 5.41) is 1.54. The third-order valence-electron chi connectivity index (χ3n) is 2.13. The highest BCUT2D eigenvalue weighted by Crippen LogP contribution is 2.22. The van der Waals surface area contributed by atoms with Crippen molar-refractivity contribution in [1.29, 1.82) is 0 Å². The van der Waals surface area contributed by atoms with Crippen molar-refractivity contribution in [2.24, 2.45) is 0 Å². The summed E-state index contributed by atoms with van der Waals surface area (Å²) in [4.78, 5) is 11.7. The minimum absolute atomic E-state index is 0.305. The lowest BCUT2D eigenvalue weighted by Gasteiger charge is -2.03. The number of hydrogen-bond acceptors (Lipinski definition) is 3. The van der Waals surface area contributed by atoms with Crippen LogP contribution in [-0.2, 0) is 11.3 Å². The predicted octanol–water partition coefficient (Wildman–Crippen LogP) is 3.15. The third kappa shape index (κ3) is 2.40. The fourth-order valence-electron chi connectivity index (χ4n) is 1.48. The van der Waals surface area contributed by atoms with E-state index >= 15 is 0 Å². The van der Waals surface area contributed by atoms with Gasteiger partial charge < -0.3 is 9.15 Å². The molecule has 0 aliphatic carbocycles. The molecule has 2 rings (SSSR count). The number of ether oxygens (including phenoxy) is 1. The molecule has 0 saturated heterocycles. The van der Waals surface area contributed by atoms with Gasteiger partial charge in [0, 0.05) is 19.6 Å². The highest BCUT2D eigenvalue weighted by Gasteiger charge is 2.08. The summed E-state index contributed by atoms with van der Waals surface area (Å²) in [5.41, 5.74) is -0.305. The molecule has 0 atom stereocenters. The maximum absolute atomic E-state index is 11.7. The monoisotopic (exact) mass is 442 g/mol. The van der Waals surface area contributed by atoms with Crippen LogP contribution >= 0.6 is 45.2 Å². The normalized spacial score (nSPS) is 10.9. The molecule has 0 aliphatic rings. The first-order chi connectivity index (χ1) is 7.61. The number of fused-ring (bicyclic) bond motifs is 1. The van der Waals surface area contributed by atoms with E-state index < -0.39 is 0 Å². The molecule has 5 heteroatoms. The fraction of sp³-hybridized carbons (Fsp3) is 0.182. The van der Waals surface area contributed by atoms with Gasteiger partial charge in [0.1, 0.15) is 12.4 Å². The second-order valence-corrected chi connectivity index (χ2v) is 5.69. The van der Waals surface area contributed by atoms with Crippen LogP contribution in [0.2, 0.25) is 0 Å². The summed E-state index contributed by atoms with van der Waals surface area (Å²) in [6.45, 7) is 0.313. The van der Waals surface area contributed by atoms with Gasteiger partial charge in [0.25, 0.3) is 0 Å². The van der Waals surface area contributed by atoms with E-state index in [4.69, 9.17) is 9.15 Å². The van der Waals surface area contributed by atoms with Gasteiger partial charge in [-0.3, -0.25) is 0 Å². The molecule has 0 N–H and O–H groups in total. The predicted molar refractivity (Wildman–Crippen MR) is 78.6 cm³/mol. The van der Waals surface area contributed by atoms with Crippen LogP contribution in [0.25, 0.3) is 10.8 Å². The van der Waals surface area contributed by atoms with E-state index in [9.17, 15) is 4.79 Å². The van der Waals surface area contributed by atoms with E-state index in [2.05, 4.69) is 45.2 Å². The minimum atomic E-state index is -0.305. The van der Waals surface area contributed by atoms with Gasteiger partial charge in [-0.25, -0.2) is 4.79 Å². The quantitative estimate of drug-likeness (QED) is 0.672. The molecule has 0 aliphatic heterocycles. The van der Waals surface area contributed by atoms with Gasteiger partial charge in [-0.15, -0.1) is 0 Å². The second kappa shape index (κ2) is 5.01. The lowest BCUT2D eigenvalue weighted by molar-refractivity contribution is 0.161. The molecule has 0 amide bonds. The maximum Gasteiger partial charge on any atom is 0.343 e. The third-order valence-corrected chi connectivity index (χ3v) is 3.65. The van der Waals surface area contributed by atoms with Gasteiger partial charge in [-0.1, -0.05) is 0 Å². The van der Waals surface area contributed by atoms with Crippen LogP contribution in [0.5, 0.6) is 0 Å². The van der Waals surface area contributed by atoms with Gasteiger partial charge in [0.15, 0.2) is 0 Å². The average Bonchev–Trinajstić information content (AvgIpc) is 2.20. The highest BCUT2D eigenvalue weighted by atomic mass is 127. The molecule has 0 spiro atoms. The Morgan fingerprint density at radius 2 is 2.00 bits per heavy atom. The van der Waals surface area contributed by atoms with Crippen molar-refractivity contribution in [1.82, 2.24) is 0 Å². The number of hydrogen-bond donors (Lipinski definition) is 0. The zero-order chi connectivity index (χ0) is 11.7. The summed E-state index contributed by atoms with van der Waals surface area (Å²) >= 11 is 4.40. The van der Waals surface area contributed by atoms with Crippen molar-refractivity contribution in [3.05, 3.63) is 41.5 Å². The molecule has 1 aromatic carbocycles. The fourth-order valence-corrected chi connectivity index (χ4v) is 3.48. The summed E-state index contributed by atoms with van der Waals surface area (Å²) in [5.74, 6) is 0.555. The van der Waals surface area contributed by atoms with Gasteiger partial charge in [-0.2, -0.15) is 0 Å². The number of halogens is 2. The van der Waals surface area contributed by atoms with Crippen LogP contribution in [-0.4, -0.2) is 7.11 Å². The molecule has 2 aromatic rings. The van der Waals surface area contributed by atoms with E-state index in [0.29, 0.717) is 17.8 Å². The van der Waals surface area contributed by atoms with Gasteiger partial charge in [0.05, 0.1) is 5.39 Å². The average molecular weight is 442 g/mol. The van der Waals surface area contributed by atoms with Crippen molar-refractivity contribution >= 4 is 56.0 Å². The molecule has 0 radical (unpaired) electrons. The van der Waals surface area contributed by atoms with Crippen LogP contribution in [0.1, 0.15) is 5.76 Å². The Hall–Kier alpha value is -0.150. The zero-order valence-corrected chi connectivity index (χ0v) is 12.7. The Morgan fingerprint density at radius 1 is 1.25 bits per heavy atom. The zero-order valence-electron chi connectivity index (χ0n) is 8.42. The Bertz CT molecular complexity index is 590. The Balaban J connectivity index is 2.77. The molecule has 1 heterocycles. The Labute approximate surface area is 119 Å². The lowest BCUT2D eigenvalue weighted by Crippen LogP contribution is -2.04. The van der Waals surface area contributed by atoms with Crippen LogP contribution in [0, 0.1) is 7.14 Å². The van der Waals surface area contributed by atoms with Crippen molar-refractivity contribution in [3.8, 4) is 0 Å². The van der Waals surface area contributed by atoms with Crippen molar-refractivity contribution < 1.29 is 9.15 Å². The number of rotatable bonds is 2. The lowest BCUT2D eigenvalue weighted by atomic mass is 10.2. The minimum Gasteiger partial charge on any atom is -0.425 e. The van der Waals surface area contributed by atoms with Gasteiger partial charge in [0.2, 0.25) is 0 Å². The summed E-state index contributed by atoms with van der Waals surface area (Å²) in [6.07, 6.45) is 0. The van der Waals surface area contributed by atoms with Crippen LogP contribution in [0.3, 0.4) is 0 Å². The van der Waals surface area contributed by atoms with Gasteiger partial charge >= 0.3 is 5.63 Å². The van der Waals surface area contributed by atoms with Gasteiger partial charge in [-0.05, 0) is 63.4 Å². The Kier molecular flexibility index (Phi) is 3.85. The molecule has 0 saturated carbocycles. The van der Waals surface area contributed by atoms with Crippen LogP contribution in [0.4, 0.5) is 0 Å². The van der Waals surface area contributed by atoms with E-state index in [-0.39, 0.29) is 5.63 Å². The summed E-state index contributed by atoms with van der Waals surface area (Å²) in [7, 11) is 1.57. The molecular weight excluding hydrogens is 434 g/mol. The highest BCUT2D eigenvalue weighted by molar-refractivity contribution is 14.1. The second-order valence-electron chi connectivity index (χ2n) is 3.28. The van der Waals surface area contributed by atoms with Crippen LogP contribution < -0.4 is 5.63 Å². The van der Waals surface area contributed by atoms with E-state index in [1.807, 2.05) is 18.2 Å². The molecule has 0 unspecified atom stereocenters. The topological polar surface area (TPSA) is 39.4 Å². The first kappa shape index (κ1) is 12.3. The van der Waals surface area contributed by atoms with E-state index in [1.54, 1.807) is 7.11 Å². The van der Waals surface area contributed by atoms with Crippen molar-refractivity contribution in [2.75, 3.05) is 7.11 Å². The van der Waals surface area contributed by atoms with E-state index in [0.717, 1.165) is 12.5 Å². The molecule has 16 heavy (non-hydrogen) atoms. The first-order valence-electron chi connectivity index (χ1n) is 4.52. The molecule has 3 nitrogen and oxygen atoms in total. The largest absolute Gasteiger partial charge is 0.425 e. The van der Waals surface area contributed by atoms with Crippen molar-refractivity contribution in [2.45, 2.75) is 6.61 Å².